The molecule has 2 N–H and O–H groups in total. The maximum atomic E-state index is 12.0. The summed E-state index contributed by atoms with van der Waals surface area (Å²) in [6.45, 7) is 0.725. The molecule has 1 fully saturated rings. The first-order chi connectivity index (χ1) is 9.67. The van der Waals surface area contributed by atoms with Crippen molar-refractivity contribution in [2.24, 2.45) is 10.9 Å². The van der Waals surface area contributed by atoms with Crippen molar-refractivity contribution in [1.29, 1.82) is 0 Å². The highest BCUT2D eigenvalue weighted by atomic mass is 127. The van der Waals surface area contributed by atoms with Gasteiger partial charge in [0.25, 0.3) is 0 Å². The van der Waals surface area contributed by atoms with Crippen LogP contribution in [0.1, 0.15) is 18.0 Å². The zero-order valence-electron chi connectivity index (χ0n) is 12.7. The fraction of sp³-hybridized carbons (Fsp3) is 0.467. The quantitative estimate of drug-likeness (QED) is 0.459. The van der Waals surface area contributed by atoms with Gasteiger partial charge in [0.1, 0.15) is 0 Å². The molecule has 0 radical (unpaired) electrons. The summed E-state index contributed by atoms with van der Waals surface area (Å²) in [6.07, 6.45) is 0.573. The second-order valence-electron chi connectivity index (χ2n) is 5.03. The summed E-state index contributed by atoms with van der Waals surface area (Å²) in [5.41, 5.74) is 1.19. The second-order valence-corrected chi connectivity index (χ2v) is 5.03. The lowest BCUT2D eigenvalue weighted by molar-refractivity contribution is -0.127. The van der Waals surface area contributed by atoms with Crippen LogP contribution in [0.25, 0.3) is 0 Å². The summed E-state index contributed by atoms with van der Waals surface area (Å²) < 4.78 is 0. The number of halogens is 1. The monoisotopic (exact) mass is 402 g/mol. The van der Waals surface area contributed by atoms with Crippen LogP contribution < -0.4 is 10.6 Å². The molecule has 0 aromatic heterocycles. The van der Waals surface area contributed by atoms with Crippen LogP contribution >= 0.6 is 24.0 Å². The standard InChI is InChI=1S/C15H22N4O.HI/c1-16-15(17-2)18-10-12-9-13(20)19(3)14(12)11-7-5-4-6-8-11;/h4-8,12,14H,9-10H2,1-3H3,(H2,16,17,18);1H. The Morgan fingerprint density at radius 1 is 1.38 bits per heavy atom. The van der Waals surface area contributed by atoms with E-state index in [-0.39, 0.29) is 41.8 Å². The Kier molecular flexibility index (Phi) is 6.94. The average Bonchev–Trinajstić information content (AvgIpc) is 2.76. The molecule has 1 aromatic carbocycles. The Balaban J connectivity index is 0.00000220. The first-order valence-electron chi connectivity index (χ1n) is 6.86. The van der Waals surface area contributed by atoms with Gasteiger partial charge >= 0.3 is 0 Å². The molecule has 0 saturated carbocycles. The maximum absolute atomic E-state index is 12.0. The molecular weight excluding hydrogens is 379 g/mol. The van der Waals surface area contributed by atoms with Crippen molar-refractivity contribution in [2.75, 3.05) is 27.7 Å². The van der Waals surface area contributed by atoms with Crippen LogP contribution in [0.2, 0.25) is 0 Å². The van der Waals surface area contributed by atoms with Gasteiger partial charge < -0.3 is 15.5 Å². The Labute approximate surface area is 143 Å². The van der Waals surface area contributed by atoms with E-state index in [0.717, 1.165) is 12.5 Å². The van der Waals surface area contributed by atoms with Crippen molar-refractivity contribution in [2.45, 2.75) is 12.5 Å². The number of rotatable bonds is 3. The van der Waals surface area contributed by atoms with E-state index in [0.29, 0.717) is 6.42 Å². The summed E-state index contributed by atoms with van der Waals surface area (Å²) in [5, 5.41) is 6.25. The minimum absolute atomic E-state index is 0. The highest BCUT2D eigenvalue weighted by Crippen LogP contribution is 2.36. The van der Waals surface area contributed by atoms with Crippen molar-refractivity contribution in [3.63, 3.8) is 0 Å². The average molecular weight is 402 g/mol. The zero-order chi connectivity index (χ0) is 14.5. The van der Waals surface area contributed by atoms with Crippen LogP contribution in [0, 0.1) is 5.92 Å². The fourth-order valence-corrected chi connectivity index (χ4v) is 2.79. The highest BCUT2D eigenvalue weighted by molar-refractivity contribution is 14.0. The third-order valence-corrected chi connectivity index (χ3v) is 3.83. The Bertz CT molecular complexity index is 492. The molecule has 1 heterocycles. The largest absolute Gasteiger partial charge is 0.359 e. The first-order valence-corrected chi connectivity index (χ1v) is 6.86. The number of amides is 1. The van der Waals surface area contributed by atoms with Gasteiger partial charge in [0.15, 0.2) is 5.96 Å². The molecule has 1 aliphatic heterocycles. The molecule has 5 nitrogen and oxygen atoms in total. The molecule has 1 amide bonds. The number of benzene rings is 1. The van der Waals surface area contributed by atoms with Gasteiger partial charge in [-0.05, 0) is 5.56 Å². The molecule has 21 heavy (non-hydrogen) atoms. The molecule has 2 unspecified atom stereocenters. The molecule has 2 rings (SSSR count). The summed E-state index contributed by atoms with van der Waals surface area (Å²) >= 11 is 0. The van der Waals surface area contributed by atoms with Crippen LogP contribution in [0.3, 0.4) is 0 Å². The molecule has 1 aromatic rings. The van der Waals surface area contributed by atoms with Crippen LogP contribution in [0.4, 0.5) is 0 Å². The van der Waals surface area contributed by atoms with Crippen LogP contribution in [0.5, 0.6) is 0 Å². The van der Waals surface area contributed by atoms with E-state index in [4.69, 9.17) is 0 Å². The van der Waals surface area contributed by atoms with E-state index in [9.17, 15) is 4.79 Å². The lowest BCUT2D eigenvalue weighted by Gasteiger charge is -2.26. The molecule has 116 valence electrons. The maximum Gasteiger partial charge on any atom is 0.223 e. The zero-order valence-corrected chi connectivity index (χ0v) is 15.0. The molecule has 6 heteroatoms. The minimum Gasteiger partial charge on any atom is -0.359 e. The van der Waals surface area contributed by atoms with Gasteiger partial charge in [-0.15, -0.1) is 24.0 Å². The number of hydrogen-bond donors (Lipinski definition) is 2. The van der Waals surface area contributed by atoms with Gasteiger partial charge in [0, 0.05) is 40.0 Å². The van der Waals surface area contributed by atoms with Gasteiger partial charge in [0.05, 0.1) is 6.04 Å². The molecule has 0 bridgehead atoms. The summed E-state index contributed by atoms with van der Waals surface area (Å²) in [6, 6.07) is 10.3. The highest BCUT2D eigenvalue weighted by Gasteiger charge is 2.38. The van der Waals surface area contributed by atoms with E-state index in [1.165, 1.54) is 5.56 Å². The Morgan fingerprint density at radius 2 is 2.05 bits per heavy atom. The van der Waals surface area contributed by atoms with Crippen molar-refractivity contribution in [3.05, 3.63) is 35.9 Å². The normalized spacial score (nSPS) is 22.0. The number of aliphatic imine (C=N–C) groups is 1. The van der Waals surface area contributed by atoms with Crippen LogP contribution in [0.15, 0.2) is 35.3 Å². The summed E-state index contributed by atoms with van der Waals surface area (Å²) in [5.74, 6) is 1.20. The van der Waals surface area contributed by atoms with E-state index in [1.807, 2.05) is 37.2 Å². The van der Waals surface area contributed by atoms with Crippen molar-refractivity contribution >= 4 is 35.8 Å². The lowest BCUT2D eigenvalue weighted by atomic mass is 9.94. The number of carbonyl (C=O) groups is 1. The fourth-order valence-electron chi connectivity index (χ4n) is 2.79. The van der Waals surface area contributed by atoms with E-state index < -0.39 is 0 Å². The van der Waals surface area contributed by atoms with Crippen molar-refractivity contribution < 1.29 is 4.79 Å². The van der Waals surface area contributed by atoms with Gasteiger partial charge in [-0.2, -0.15) is 0 Å². The number of carbonyl (C=O) groups excluding carboxylic acids is 1. The summed E-state index contributed by atoms with van der Waals surface area (Å²) in [7, 11) is 5.45. The van der Waals surface area contributed by atoms with Gasteiger partial charge in [-0.3, -0.25) is 9.79 Å². The molecule has 0 aliphatic carbocycles. The Hall–Kier alpha value is -1.31. The van der Waals surface area contributed by atoms with E-state index >= 15 is 0 Å². The predicted octanol–water partition coefficient (Wildman–Crippen LogP) is 1.62. The smallest absolute Gasteiger partial charge is 0.223 e. The first kappa shape index (κ1) is 17.7. The molecule has 2 atom stereocenters. The minimum atomic E-state index is 0. The van der Waals surface area contributed by atoms with Gasteiger partial charge in [0.2, 0.25) is 5.91 Å². The second kappa shape index (κ2) is 8.21. The van der Waals surface area contributed by atoms with Crippen molar-refractivity contribution in [3.8, 4) is 0 Å². The van der Waals surface area contributed by atoms with Gasteiger partial charge in [-0.25, -0.2) is 0 Å². The number of guanidine groups is 1. The van der Waals surface area contributed by atoms with E-state index in [2.05, 4.69) is 27.8 Å². The Morgan fingerprint density at radius 3 is 2.62 bits per heavy atom. The predicted molar refractivity (Wildman–Crippen MR) is 95.9 cm³/mol. The van der Waals surface area contributed by atoms with Crippen LogP contribution in [-0.2, 0) is 4.79 Å². The number of hydrogen-bond acceptors (Lipinski definition) is 2. The van der Waals surface area contributed by atoms with E-state index in [1.54, 1.807) is 7.05 Å². The van der Waals surface area contributed by atoms with Gasteiger partial charge in [-0.1, -0.05) is 30.3 Å². The number of nitrogens with one attached hydrogen (secondary N) is 2. The van der Waals surface area contributed by atoms with Crippen molar-refractivity contribution in [1.82, 2.24) is 15.5 Å². The third-order valence-electron chi connectivity index (χ3n) is 3.83. The van der Waals surface area contributed by atoms with Crippen LogP contribution in [-0.4, -0.2) is 44.5 Å². The SMILES string of the molecule is CN=C(NC)NCC1CC(=O)N(C)C1c1ccccc1.I. The molecular formula is C15H23IN4O. The third kappa shape index (κ3) is 4.09. The lowest BCUT2D eigenvalue weighted by Crippen LogP contribution is -2.38. The molecule has 1 saturated heterocycles. The molecule has 0 spiro atoms. The topological polar surface area (TPSA) is 56.7 Å². The number of nitrogens with zero attached hydrogens (tertiary/aromatic N) is 2. The number of likely N-dealkylation sites (tertiary alicyclic amines) is 1. The summed E-state index contributed by atoms with van der Waals surface area (Å²) in [4.78, 5) is 18.0. The molecule has 1 aliphatic rings.